The number of halogens is 1. The molecule has 3 nitrogen and oxygen atoms in total. The number of hydrogen-bond donors (Lipinski definition) is 1. The average Bonchev–Trinajstić information content (AvgIpc) is 2.88. The lowest BCUT2D eigenvalue weighted by Crippen LogP contribution is -1.88. The van der Waals surface area contributed by atoms with Crippen molar-refractivity contribution in [2.75, 3.05) is 0 Å². The van der Waals surface area contributed by atoms with E-state index < -0.39 is 0 Å². The highest BCUT2D eigenvalue weighted by Gasteiger charge is 2.12. The summed E-state index contributed by atoms with van der Waals surface area (Å²) < 4.78 is 1.02. The molecule has 0 bridgehead atoms. The van der Waals surface area contributed by atoms with Crippen LogP contribution < -0.4 is 0 Å². The second kappa shape index (κ2) is 5.33. The van der Waals surface area contributed by atoms with E-state index in [2.05, 4.69) is 27.0 Å². The smallest absolute Gasteiger partial charge is 0.130 e. The van der Waals surface area contributed by atoms with Gasteiger partial charge in [-0.3, -0.25) is 0 Å². The van der Waals surface area contributed by atoms with Gasteiger partial charge in [0, 0.05) is 26.3 Å². The van der Waals surface area contributed by atoms with Gasteiger partial charge in [0.25, 0.3) is 0 Å². The molecule has 3 rings (SSSR count). The lowest BCUT2D eigenvalue weighted by Gasteiger charge is -2.06. The van der Waals surface area contributed by atoms with Crippen molar-refractivity contribution in [3.63, 3.8) is 0 Å². The second-order valence-electron chi connectivity index (χ2n) is 5.25. The molecule has 0 saturated heterocycles. The Balaban J connectivity index is 2.44. The van der Waals surface area contributed by atoms with Gasteiger partial charge in [0.1, 0.15) is 17.7 Å². The fourth-order valence-electron chi connectivity index (χ4n) is 2.80. The fraction of sp³-hybridized carbons (Fsp3) is 0.111. The molecule has 0 spiro atoms. The van der Waals surface area contributed by atoms with Crippen molar-refractivity contribution < 1.29 is 0 Å². The van der Waals surface area contributed by atoms with Crippen LogP contribution in [-0.4, -0.2) is 4.98 Å². The Hall–Kier alpha value is -2.56. The first kappa shape index (κ1) is 14.4. The number of nitrogens with zero attached hydrogens (tertiary/aromatic N) is 2. The molecule has 0 unspecified atom stereocenters. The molecule has 0 aliphatic carbocycles. The van der Waals surface area contributed by atoms with Crippen LogP contribution in [0.25, 0.3) is 27.9 Å². The van der Waals surface area contributed by atoms with Crippen LogP contribution in [0.2, 0.25) is 0 Å². The van der Waals surface area contributed by atoms with Crippen LogP contribution in [0.3, 0.4) is 0 Å². The number of aromatic amines is 1. The Labute approximate surface area is 136 Å². The van der Waals surface area contributed by atoms with Crippen molar-refractivity contribution in [2.24, 2.45) is 0 Å². The normalized spacial score (nSPS) is 10.4. The van der Waals surface area contributed by atoms with E-state index in [0.717, 1.165) is 43.0 Å². The third-order valence-electron chi connectivity index (χ3n) is 3.88. The number of nitriles is 2. The molecule has 1 heterocycles. The van der Waals surface area contributed by atoms with Gasteiger partial charge in [-0.15, -0.1) is 0 Å². The lowest BCUT2D eigenvalue weighted by molar-refractivity contribution is 1.40. The minimum Gasteiger partial charge on any atom is -0.354 e. The minimum atomic E-state index is 0.114. The van der Waals surface area contributed by atoms with E-state index >= 15 is 0 Å². The maximum absolute atomic E-state index is 8.98. The Morgan fingerprint density at radius 2 is 1.91 bits per heavy atom. The first-order valence-electron chi connectivity index (χ1n) is 6.78. The van der Waals surface area contributed by atoms with Crippen LogP contribution in [0.15, 0.2) is 34.3 Å². The maximum Gasteiger partial charge on any atom is 0.130 e. The molecule has 0 saturated carbocycles. The summed E-state index contributed by atoms with van der Waals surface area (Å²) in [6.45, 7) is 4.05. The van der Waals surface area contributed by atoms with E-state index in [1.165, 1.54) is 0 Å². The molecule has 1 N–H and O–H groups in total. The summed E-state index contributed by atoms with van der Waals surface area (Å²) >= 11 is 3.52. The van der Waals surface area contributed by atoms with Crippen molar-refractivity contribution in [3.05, 3.63) is 51.0 Å². The first-order chi connectivity index (χ1) is 10.5. The van der Waals surface area contributed by atoms with Gasteiger partial charge in [-0.05, 0) is 60.9 Å². The van der Waals surface area contributed by atoms with Gasteiger partial charge in [-0.1, -0.05) is 15.9 Å². The zero-order chi connectivity index (χ0) is 15.9. The largest absolute Gasteiger partial charge is 0.354 e. The zero-order valence-corrected chi connectivity index (χ0v) is 13.7. The van der Waals surface area contributed by atoms with Gasteiger partial charge in [-0.25, -0.2) is 0 Å². The summed E-state index contributed by atoms with van der Waals surface area (Å²) in [6.07, 6.45) is 1.65. The summed E-state index contributed by atoms with van der Waals surface area (Å²) in [4.78, 5) is 3.45. The van der Waals surface area contributed by atoms with E-state index in [-0.39, 0.29) is 5.57 Å². The molecule has 22 heavy (non-hydrogen) atoms. The number of benzene rings is 2. The molecular formula is C18H12BrN3. The summed E-state index contributed by atoms with van der Waals surface area (Å²) in [5.74, 6) is 0. The number of hydrogen-bond acceptors (Lipinski definition) is 2. The number of nitrogens with one attached hydrogen (secondary N) is 1. The third-order valence-corrected chi connectivity index (χ3v) is 4.37. The van der Waals surface area contributed by atoms with Crippen LogP contribution >= 0.6 is 15.9 Å². The average molecular weight is 350 g/mol. The monoisotopic (exact) mass is 349 g/mol. The molecular weight excluding hydrogens is 338 g/mol. The van der Waals surface area contributed by atoms with Crippen molar-refractivity contribution >= 4 is 43.8 Å². The number of allylic oxidation sites excluding steroid dienone is 1. The van der Waals surface area contributed by atoms with Gasteiger partial charge in [0.2, 0.25) is 0 Å². The Morgan fingerprint density at radius 1 is 1.18 bits per heavy atom. The maximum atomic E-state index is 8.98. The van der Waals surface area contributed by atoms with Crippen LogP contribution in [0, 0.1) is 36.5 Å². The van der Waals surface area contributed by atoms with Gasteiger partial charge in [0.15, 0.2) is 0 Å². The number of fused-ring (bicyclic) bond motifs is 3. The molecule has 0 amide bonds. The summed E-state index contributed by atoms with van der Waals surface area (Å²) in [5.41, 5.74) is 5.35. The second-order valence-corrected chi connectivity index (χ2v) is 6.17. The standard InChI is InChI=1S/C18H12BrN3/c1-10-5-13(6-12(8-20)9-21)11(2)17-15-7-14(19)3-4-16(15)22-18(10)17/h3-7,22H,1-2H3. The van der Waals surface area contributed by atoms with Crippen LogP contribution in [0.5, 0.6) is 0 Å². The van der Waals surface area contributed by atoms with Gasteiger partial charge < -0.3 is 4.98 Å². The van der Waals surface area contributed by atoms with E-state index in [1.54, 1.807) is 6.08 Å². The molecule has 2 aromatic carbocycles. The van der Waals surface area contributed by atoms with Gasteiger partial charge in [0.05, 0.1) is 0 Å². The van der Waals surface area contributed by atoms with E-state index in [1.807, 2.05) is 44.2 Å². The number of aryl methyl sites for hydroxylation is 2. The summed E-state index contributed by atoms with van der Waals surface area (Å²) in [6, 6.07) is 12.0. The summed E-state index contributed by atoms with van der Waals surface area (Å²) in [5, 5.41) is 20.2. The first-order valence-corrected chi connectivity index (χ1v) is 7.57. The minimum absolute atomic E-state index is 0.114. The Morgan fingerprint density at radius 3 is 2.59 bits per heavy atom. The zero-order valence-electron chi connectivity index (χ0n) is 12.2. The molecule has 3 aromatic rings. The van der Waals surface area contributed by atoms with Crippen LogP contribution in [0.4, 0.5) is 0 Å². The highest BCUT2D eigenvalue weighted by Crippen LogP contribution is 2.34. The molecule has 0 aliphatic rings. The lowest BCUT2D eigenvalue weighted by atomic mass is 9.97. The number of H-pyrrole nitrogens is 1. The molecule has 106 valence electrons. The predicted molar refractivity (Wildman–Crippen MR) is 92.2 cm³/mol. The molecule has 1 aromatic heterocycles. The fourth-order valence-corrected chi connectivity index (χ4v) is 3.16. The van der Waals surface area contributed by atoms with Crippen molar-refractivity contribution in [2.45, 2.75) is 13.8 Å². The van der Waals surface area contributed by atoms with Crippen molar-refractivity contribution in [1.29, 1.82) is 10.5 Å². The van der Waals surface area contributed by atoms with Gasteiger partial charge >= 0.3 is 0 Å². The Kier molecular flexibility index (Phi) is 3.48. The number of aromatic nitrogens is 1. The van der Waals surface area contributed by atoms with Gasteiger partial charge in [-0.2, -0.15) is 10.5 Å². The van der Waals surface area contributed by atoms with Crippen molar-refractivity contribution in [1.82, 2.24) is 4.98 Å². The predicted octanol–water partition coefficient (Wildman–Crippen LogP) is 5.13. The van der Waals surface area contributed by atoms with Crippen molar-refractivity contribution in [3.8, 4) is 12.1 Å². The number of rotatable bonds is 1. The molecule has 0 radical (unpaired) electrons. The van der Waals surface area contributed by atoms with E-state index in [0.29, 0.717) is 0 Å². The SMILES string of the molecule is Cc1cc(C=C(C#N)C#N)c(C)c2c1[nH]c1ccc(Br)cc12. The third kappa shape index (κ3) is 2.19. The van der Waals surface area contributed by atoms with E-state index in [9.17, 15) is 0 Å². The summed E-state index contributed by atoms with van der Waals surface area (Å²) in [7, 11) is 0. The molecule has 4 heteroatoms. The quantitative estimate of drug-likeness (QED) is 0.618. The van der Waals surface area contributed by atoms with Crippen LogP contribution in [-0.2, 0) is 0 Å². The molecule has 0 fully saturated rings. The highest BCUT2D eigenvalue weighted by molar-refractivity contribution is 9.10. The highest BCUT2D eigenvalue weighted by atomic mass is 79.9. The van der Waals surface area contributed by atoms with E-state index in [4.69, 9.17) is 10.5 Å². The Bertz CT molecular complexity index is 1010. The topological polar surface area (TPSA) is 63.4 Å². The molecule has 0 atom stereocenters. The molecule has 0 aliphatic heterocycles. The van der Waals surface area contributed by atoms with Crippen LogP contribution in [0.1, 0.15) is 16.7 Å².